The molecule has 0 aliphatic carbocycles. The van der Waals surface area contributed by atoms with Crippen molar-refractivity contribution >= 4 is 39.1 Å². The zero-order chi connectivity index (χ0) is 14.0. The molecule has 0 atom stereocenters. The first-order valence-electron chi connectivity index (χ1n) is 5.53. The largest absolute Gasteiger partial charge is 0.506 e. The number of aromatic hydroxyl groups is 1. The molecule has 0 aliphatic rings. The van der Waals surface area contributed by atoms with Gasteiger partial charge in [0.1, 0.15) is 5.75 Å². The van der Waals surface area contributed by atoms with Crippen LogP contribution in [0.3, 0.4) is 0 Å². The number of aryl methyl sites for hydroxylation is 1. The topological polar surface area (TPSA) is 49.3 Å². The van der Waals surface area contributed by atoms with E-state index in [-0.39, 0.29) is 11.7 Å². The second-order valence-electron chi connectivity index (χ2n) is 4.09. The van der Waals surface area contributed by atoms with E-state index >= 15 is 0 Å². The van der Waals surface area contributed by atoms with Crippen LogP contribution < -0.4 is 5.32 Å². The third-order valence-corrected chi connectivity index (χ3v) is 3.44. The fourth-order valence-electron chi connectivity index (χ4n) is 1.64. The zero-order valence-corrected chi connectivity index (χ0v) is 12.4. The van der Waals surface area contributed by atoms with Gasteiger partial charge in [-0.1, -0.05) is 17.7 Å². The first-order valence-corrected chi connectivity index (χ1v) is 6.70. The molecule has 2 aromatic carbocycles. The van der Waals surface area contributed by atoms with Crippen LogP contribution in [0.4, 0.5) is 5.69 Å². The molecule has 0 aliphatic heterocycles. The molecule has 2 N–H and O–H groups in total. The highest BCUT2D eigenvalue weighted by Crippen LogP contribution is 2.31. The van der Waals surface area contributed by atoms with Crippen LogP contribution in [0, 0.1) is 6.92 Å². The minimum atomic E-state index is -0.250. The Balaban J connectivity index is 2.24. The average molecular weight is 341 g/mol. The summed E-state index contributed by atoms with van der Waals surface area (Å²) in [6.07, 6.45) is 0. The number of phenolic OH excluding ortho intramolecular Hbond substituents is 1. The van der Waals surface area contributed by atoms with Crippen LogP contribution >= 0.6 is 27.5 Å². The molecule has 0 saturated carbocycles. The molecule has 0 aromatic heterocycles. The monoisotopic (exact) mass is 339 g/mol. The van der Waals surface area contributed by atoms with E-state index in [0.29, 0.717) is 26.3 Å². The maximum atomic E-state index is 12.0. The summed E-state index contributed by atoms with van der Waals surface area (Å²) in [7, 11) is 0. The van der Waals surface area contributed by atoms with E-state index in [2.05, 4.69) is 21.2 Å². The van der Waals surface area contributed by atoms with E-state index in [0.717, 1.165) is 0 Å². The zero-order valence-electron chi connectivity index (χ0n) is 10.1. The molecule has 1 amide bonds. The van der Waals surface area contributed by atoms with Gasteiger partial charge < -0.3 is 10.4 Å². The quantitative estimate of drug-likeness (QED) is 0.798. The molecule has 5 heteroatoms. The summed E-state index contributed by atoms with van der Waals surface area (Å²) in [6.45, 7) is 1.76. The molecule has 0 fully saturated rings. The van der Waals surface area contributed by atoms with E-state index in [4.69, 9.17) is 11.6 Å². The van der Waals surface area contributed by atoms with Gasteiger partial charge in [-0.05, 0) is 58.7 Å². The predicted molar refractivity (Wildman–Crippen MR) is 79.9 cm³/mol. The summed E-state index contributed by atoms with van der Waals surface area (Å²) < 4.78 is 0.536. The number of anilines is 1. The highest BCUT2D eigenvalue weighted by atomic mass is 79.9. The van der Waals surface area contributed by atoms with Crippen LogP contribution in [0.1, 0.15) is 15.9 Å². The number of carbonyl (C=O) groups is 1. The maximum Gasteiger partial charge on any atom is 0.255 e. The van der Waals surface area contributed by atoms with E-state index in [1.54, 1.807) is 43.3 Å². The SMILES string of the molecule is Cc1cc(NC(=O)c2cccc(Cl)c2)cc(Br)c1O. The lowest BCUT2D eigenvalue weighted by Gasteiger charge is -2.09. The Morgan fingerprint density at radius 1 is 1.32 bits per heavy atom. The van der Waals surface area contributed by atoms with Crippen molar-refractivity contribution in [2.24, 2.45) is 0 Å². The Morgan fingerprint density at radius 3 is 2.68 bits per heavy atom. The molecular formula is C14H11BrClNO2. The van der Waals surface area contributed by atoms with Crippen molar-refractivity contribution < 1.29 is 9.90 Å². The van der Waals surface area contributed by atoms with Crippen LogP contribution in [0.2, 0.25) is 5.02 Å². The van der Waals surface area contributed by atoms with Crippen molar-refractivity contribution in [3.63, 3.8) is 0 Å². The van der Waals surface area contributed by atoms with Gasteiger partial charge in [-0.3, -0.25) is 4.79 Å². The summed E-state index contributed by atoms with van der Waals surface area (Å²) in [5.41, 5.74) is 1.76. The molecule has 0 unspecified atom stereocenters. The summed E-state index contributed by atoms with van der Waals surface area (Å²) in [5.74, 6) is -0.0831. The van der Waals surface area contributed by atoms with Crippen molar-refractivity contribution in [3.05, 3.63) is 57.0 Å². The Labute approximate surface area is 124 Å². The van der Waals surface area contributed by atoms with E-state index in [9.17, 15) is 9.90 Å². The van der Waals surface area contributed by atoms with Gasteiger partial charge in [0, 0.05) is 16.3 Å². The summed E-state index contributed by atoms with van der Waals surface area (Å²) in [5, 5.41) is 12.9. The molecule has 19 heavy (non-hydrogen) atoms. The van der Waals surface area contributed by atoms with Crippen molar-refractivity contribution in [1.82, 2.24) is 0 Å². The first-order chi connectivity index (χ1) is 8.97. The normalized spacial score (nSPS) is 10.3. The third-order valence-electron chi connectivity index (χ3n) is 2.60. The standard InChI is InChI=1S/C14H11BrClNO2/c1-8-5-11(7-12(15)13(8)18)17-14(19)9-3-2-4-10(16)6-9/h2-7,18H,1H3,(H,17,19). The number of nitrogens with one attached hydrogen (secondary N) is 1. The van der Waals surface area contributed by atoms with Gasteiger partial charge in [-0.2, -0.15) is 0 Å². The van der Waals surface area contributed by atoms with E-state index in [1.165, 1.54) is 0 Å². The number of hydrogen-bond donors (Lipinski definition) is 2. The predicted octanol–water partition coefficient (Wildman–Crippen LogP) is 4.37. The number of amides is 1. The number of halogens is 2. The highest BCUT2D eigenvalue weighted by Gasteiger charge is 2.09. The van der Waals surface area contributed by atoms with Crippen LogP contribution in [-0.4, -0.2) is 11.0 Å². The molecule has 0 bridgehead atoms. The number of rotatable bonds is 2. The van der Waals surface area contributed by atoms with Gasteiger partial charge >= 0.3 is 0 Å². The molecule has 0 saturated heterocycles. The van der Waals surface area contributed by atoms with Gasteiger partial charge in [0.2, 0.25) is 0 Å². The molecule has 98 valence electrons. The van der Waals surface area contributed by atoms with Crippen molar-refractivity contribution in [2.45, 2.75) is 6.92 Å². The Bertz CT molecular complexity index is 620. The molecule has 3 nitrogen and oxygen atoms in total. The maximum absolute atomic E-state index is 12.0. The Morgan fingerprint density at radius 2 is 2.05 bits per heavy atom. The fourth-order valence-corrected chi connectivity index (χ4v) is 2.39. The molecule has 0 heterocycles. The summed E-state index contributed by atoms with van der Waals surface area (Å²) in [6, 6.07) is 10.0. The lowest BCUT2D eigenvalue weighted by Crippen LogP contribution is -2.11. The molecule has 2 aromatic rings. The van der Waals surface area contributed by atoms with E-state index < -0.39 is 0 Å². The van der Waals surface area contributed by atoms with Crippen molar-refractivity contribution in [2.75, 3.05) is 5.32 Å². The van der Waals surface area contributed by atoms with Crippen molar-refractivity contribution in [3.8, 4) is 5.75 Å². The molecule has 0 radical (unpaired) electrons. The minimum absolute atomic E-state index is 0.167. The lowest BCUT2D eigenvalue weighted by molar-refractivity contribution is 0.102. The second-order valence-corrected chi connectivity index (χ2v) is 5.38. The molecule has 0 spiro atoms. The Hall–Kier alpha value is -1.52. The Kier molecular flexibility index (Phi) is 4.12. The van der Waals surface area contributed by atoms with Gasteiger partial charge in [0.15, 0.2) is 0 Å². The highest BCUT2D eigenvalue weighted by molar-refractivity contribution is 9.10. The van der Waals surface area contributed by atoms with Crippen molar-refractivity contribution in [1.29, 1.82) is 0 Å². The van der Waals surface area contributed by atoms with Gasteiger partial charge in [-0.25, -0.2) is 0 Å². The summed E-state index contributed by atoms with van der Waals surface area (Å²) in [4.78, 5) is 12.0. The average Bonchev–Trinajstić information content (AvgIpc) is 2.36. The molecular weight excluding hydrogens is 330 g/mol. The van der Waals surface area contributed by atoms with Crippen LogP contribution in [0.25, 0.3) is 0 Å². The molecule has 2 rings (SSSR count). The number of phenols is 1. The van der Waals surface area contributed by atoms with Crippen LogP contribution in [0.15, 0.2) is 40.9 Å². The second kappa shape index (κ2) is 5.63. The van der Waals surface area contributed by atoms with Crippen LogP contribution in [0.5, 0.6) is 5.75 Å². The number of carbonyl (C=O) groups excluding carboxylic acids is 1. The third kappa shape index (κ3) is 3.28. The summed E-state index contributed by atoms with van der Waals surface area (Å²) >= 11 is 9.07. The minimum Gasteiger partial charge on any atom is -0.506 e. The number of benzene rings is 2. The number of hydrogen-bond acceptors (Lipinski definition) is 2. The first kappa shape index (κ1) is 13.9. The lowest BCUT2D eigenvalue weighted by atomic mass is 10.1. The smallest absolute Gasteiger partial charge is 0.255 e. The van der Waals surface area contributed by atoms with Gasteiger partial charge in [-0.15, -0.1) is 0 Å². The van der Waals surface area contributed by atoms with Gasteiger partial charge in [0.05, 0.1) is 4.47 Å². The fraction of sp³-hybridized carbons (Fsp3) is 0.0714. The van der Waals surface area contributed by atoms with Crippen LogP contribution in [-0.2, 0) is 0 Å². The van der Waals surface area contributed by atoms with Gasteiger partial charge in [0.25, 0.3) is 5.91 Å². The van der Waals surface area contributed by atoms with E-state index in [1.807, 2.05) is 0 Å².